The second-order valence-electron chi connectivity index (χ2n) is 5.47. The molecular formula is C16H24Br2O. The lowest BCUT2D eigenvalue weighted by Gasteiger charge is -2.30. The van der Waals surface area contributed by atoms with Gasteiger partial charge in [0.25, 0.3) is 0 Å². The quantitative estimate of drug-likeness (QED) is 0.506. The SMILES string of the molecule is CCC(CC)(CBr)COc1ccc(Br)cc1C(C)C. The molecule has 108 valence electrons. The zero-order valence-corrected chi connectivity index (χ0v) is 15.5. The van der Waals surface area contributed by atoms with Gasteiger partial charge >= 0.3 is 0 Å². The molecule has 1 aromatic carbocycles. The molecule has 0 saturated carbocycles. The van der Waals surface area contributed by atoms with E-state index in [0.717, 1.165) is 35.0 Å². The molecule has 0 atom stereocenters. The van der Waals surface area contributed by atoms with E-state index in [2.05, 4.69) is 77.8 Å². The van der Waals surface area contributed by atoms with Gasteiger partial charge in [-0.3, -0.25) is 0 Å². The lowest BCUT2D eigenvalue weighted by molar-refractivity contribution is 0.156. The van der Waals surface area contributed by atoms with E-state index >= 15 is 0 Å². The second-order valence-corrected chi connectivity index (χ2v) is 6.94. The van der Waals surface area contributed by atoms with Crippen LogP contribution in [0.3, 0.4) is 0 Å². The van der Waals surface area contributed by atoms with Crippen LogP contribution in [0, 0.1) is 5.41 Å². The van der Waals surface area contributed by atoms with Crippen LogP contribution in [0.4, 0.5) is 0 Å². The Kier molecular flexibility index (Phi) is 6.89. The van der Waals surface area contributed by atoms with E-state index in [1.807, 2.05) is 0 Å². The van der Waals surface area contributed by atoms with E-state index in [4.69, 9.17) is 4.74 Å². The zero-order chi connectivity index (χ0) is 14.5. The number of alkyl halides is 1. The maximum absolute atomic E-state index is 6.14. The van der Waals surface area contributed by atoms with Crippen molar-refractivity contribution in [1.82, 2.24) is 0 Å². The van der Waals surface area contributed by atoms with Gasteiger partial charge in [0.1, 0.15) is 5.75 Å². The van der Waals surface area contributed by atoms with Gasteiger partial charge in [0.15, 0.2) is 0 Å². The molecule has 0 N–H and O–H groups in total. The molecule has 0 heterocycles. The molecule has 0 unspecified atom stereocenters. The Morgan fingerprint density at radius 3 is 2.32 bits per heavy atom. The average Bonchev–Trinajstić information content (AvgIpc) is 2.42. The third-order valence-corrected chi connectivity index (χ3v) is 5.59. The normalized spacial score (nSPS) is 11.9. The molecule has 0 aliphatic heterocycles. The fraction of sp³-hybridized carbons (Fsp3) is 0.625. The molecule has 1 rings (SSSR count). The number of hydrogen-bond acceptors (Lipinski definition) is 1. The first-order valence-corrected chi connectivity index (χ1v) is 8.87. The molecule has 3 heteroatoms. The van der Waals surface area contributed by atoms with Crippen LogP contribution in [0.5, 0.6) is 5.75 Å². The van der Waals surface area contributed by atoms with Crippen LogP contribution in [-0.2, 0) is 0 Å². The standard InChI is InChI=1S/C16H24Br2O/c1-5-16(6-2,10-17)11-19-15-8-7-13(18)9-14(15)12(3)4/h7-9,12H,5-6,10-11H2,1-4H3. The van der Waals surface area contributed by atoms with Crippen LogP contribution >= 0.6 is 31.9 Å². The largest absolute Gasteiger partial charge is 0.493 e. The first kappa shape index (κ1) is 17.0. The number of ether oxygens (including phenoxy) is 1. The van der Waals surface area contributed by atoms with Crippen molar-refractivity contribution in [3.05, 3.63) is 28.2 Å². The van der Waals surface area contributed by atoms with Crippen molar-refractivity contribution in [2.45, 2.75) is 46.5 Å². The number of rotatable bonds is 7. The minimum atomic E-state index is 0.237. The van der Waals surface area contributed by atoms with E-state index in [9.17, 15) is 0 Å². The highest BCUT2D eigenvalue weighted by molar-refractivity contribution is 9.10. The van der Waals surface area contributed by atoms with Gasteiger partial charge in [0, 0.05) is 15.2 Å². The number of hydrogen-bond donors (Lipinski definition) is 0. The molecule has 19 heavy (non-hydrogen) atoms. The summed E-state index contributed by atoms with van der Waals surface area (Å²) in [6, 6.07) is 6.28. The molecule has 0 saturated heterocycles. The highest BCUT2D eigenvalue weighted by Gasteiger charge is 2.26. The molecule has 0 fully saturated rings. The molecular weight excluding hydrogens is 368 g/mol. The summed E-state index contributed by atoms with van der Waals surface area (Å²) in [5.41, 5.74) is 1.51. The van der Waals surface area contributed by atoms with Gasteiger partial charge in [-0.2, -0.15) is 0 Å². The Labute approximate surface area is 134 Å². The summed E-state index contributed by atoms with van der Waals surface area (Å²) in [7, 11) is 0. The van der Waals surface area contributed by atoms with Crippen molar-refractivity contribution in [2.24, 2.45) is 5.41 Å². The summed E-state index contributed by atoms with van der Waals surface area (Å²) in [6.07, 6.45) is 2.25. The van der Waals surface area contributed by atoms with Crippen LogP contribution in [0.15, 0.2) is 22.7 Å². The first-order valence-electron chi connectivity index (χ1n) is 6.96. The van der Waals surface area contributed by atoms with E-state index in [1.54, 1.807) is 0 Å². The molecule has 0 bridgehead atoms. The molecule has 1 nitrogen and oxygen atoms in total. The Balaban J connectivity index is 2.88. The summed E-state index contributed by atoms with van der Waals surface area (Å²) >= 11 is 7.17. The average molecular weight is 392 g/mol. The molecule has 0 aliphatic rings. The van der Waals surface area contributed by atoms with Crippen molar-refractivity contribution in [1.29, 1.82) is 0 Å². The van der Waals surface area contributed by atoms with Crippen LogP contribution in [-0.4, -0.2) is 11.9 Å². The van der Waals surface area contributed by atoms with Gasteiger partial charge in [0.2, 0.25) is 0 Å². The van der Waals surface area contributed by atoms with Gasteiger partial charge < -0.3 is 4.74 Å². The van der Waals surface area contributed by atoms with Crippen molar-refractivity contribution in [3.8, 4) is 5.75 Å². The maximum atomic E-state index is 6.14. The lowest BCUT2D eigenvalue weighted by atomic mass is 9.86. The Hall–Kier alpha value is -0.0200. The molecule has 0 amide bonds. The summed E-state index contributed by atoms with van der Waals surface area (Å²) in [4.78, 5) is 0. The van der Waals surface area contributed by atoms with Crippen LogP contribution in [0.25, 0.3) is 0 Å². The Morgan fingerprint density at radius 1 is 1.21 bits per heavy atom. The van der Waals surface area contributed by atoms with E-state index < -0.39 is 0 Å². The fourth-order valence-corrected chi connectivity index (χ4v) is 3.35. The predicted octanol–water partition coefficient (Wildman–Crippen LogP) is 6.15. The molecule has 0 aromatic heterocycles. The smallest absolute Gasteiger partial charge is 0.122 e. The topological polar surface area (TPSA) is 9.23 Å². The van der Waals surface area contributed by atoms with Crippen molar-refractivity contribution in [2.75, 3.05) is 11.9 Å². The summed E-state index contributed by atoms with van der Waals surface area (Å²) in [5.74, 6) is 1.49. The summed E-state index contributed by atoms with van der Waals surface area (Å²) in [6.45, 7) is 9.64. The monoisotopic (exact) mass is 390 g/mol. The van der Waals surface area contributed by atoms with Crippen molar-refractivity contribution in [3.63, 3.8) is 0 Å². The maximum Gasteiger partial charge on any atom is 0.122 e. The Bertz CT molecular complexity index is 389. The highest BCUT2D eigenvalue weighted by atomic mass is 79.9. The highest BCUT2D eigenvalue weighted by Crippen LogP contribution is 2.33. The predicted molar refractivity (Wildman–Crippen MR) is 90.5 cm³/mol. The minimum absolute atomic E-state index is 0.237. The first-order chi connectivity index (χ1) is 8.98. The summed E-state index contributed by atoms with van der Waals surface area (Å²) < 4.78 is 7.25. The number of benzene rings is 1. The van der Waals surface area contributed by atoms with Crippen molar-refractivity contribution < 1.29 is 4.74 Å². The number of halogens is 2. The van der Waals surface area contributed by atoms with Crippen molar-refractivity contribution >= 4 is 31.9 Å². The third kappa shape index (κ3) is 4.49. The van der Waals surface area contributed by atoms with E-state index in [0.29, 0.717) is 5.92 Å². The van der Waals surface area contributed by atoms with Gasteiger partial charge in [-0.05, 0) is 42.5 Å². The van der Waals surface area contributed by atoms with Gasteiger partial charge in [0.05, 0.1) is 6.61 Å². The zero-order valence-electron chi connectivity index (χ0n) is 12.3. The van der Waals surface area contributed by atoms with Gasteiger partial charge in [-0.1, -0.05) is 59.6 Å². The van der Waals surface area contributed by atoms with Crippen LogP contribution in [0.1, 0.15) is 52.0 Å². The lowest BCUT2D eigenvalue weighted by Crippen LogP contribution is -2.29. The Morgan fingerprint density at radius 2 is 1.84 bits per heavy atom. The van der Waals surface area contributed by atoms with Crippen LogP contribution in [0.2, 0.25) is 0 Å². The molecule has 0 radical (unpaired) electrons. The molecule has 0 spiro atoms. The van der Waals surface area contributed by atoms with Gasteiger partial charge in [-0.25, -0.2) is 0 Å². The fourth-order valence-electron chi connectivity index (χ4n) is 2.01. The molecule has 0 aliphatic carbocycles. The van der Waals surface area contributed by atoms with Crippen LogP contribution < -0.4 is 4.74 Å². The third-order valence-electron chi connectivity index (χ3n) is 3.91. The van der Waals surface area contributed by atoms with Gasteiger partial charge in [-0.15, -0.1) is 0 Å². The van der Waals surface area contributed by atoms with E-state index in [1.165, 1.54) is 5.56 Å². The minimum Gasteiger partial charge on any atom is -0.493 e. The molecule has 1 aromatic rings. The van der Waals surface area contributed by atoms with E-state index in [-0.39, 0.29) is 5.41 Å². The summed E-state index contributed by atoms with van der Waals surface area (Å²) in [5, 5.41) is 0.987. The second kappa shape index (κ2) is 7.68.